The van der Waals surface area contributed by atoms with Gasteiger partial charge in [-0.25, -0.2) is 9.97 Å². The minimum Gasteiger partial charge on any atom is -0.384 e. The Kier molecular flexibility index (Phi) is 4.51. The van der Waals surface area contributed by atoms with Crippen LogP contribution in [-0.2, 0) is 5.75 Å². The van der Waals surface area contributed by atoms with Crippen molar-refractivity contribution in [1.29, 1.82) is 0 Å². The van der Waals surface area contributed by atoms with Crippen LogP contribution in [0.15, 0.2) is 47.8 Å². The zero-order chi connectivity index (χ0) is 14.5. The van der Waals surface area contributed by atoms with Crippen LogP contribution in [0.5, 0.6) is 0 Å². The normalized spacial score (nSPS) is 10.3. The first kappa shape index (κ1) is 14.1. The van der Waals surface area contributed by atoms with Gasteiger partial charge in [-0.05, 0) is 18.2 Å². The van der Waals surface area contributed by atoms with E-state index in [1.807, 2.05) is 30.3 Å². The van der Waals surface area contributed by atoms with E-state index in [-0.39, 0.29) is 6.61 Å². The molecule has 1 aromatic carbocycles. The van der Waals surface area contributed by atoms with Crippen molar-refractivity contribution in [2.45, 2.75) is 10.8 Å². The van der Waals surface area contributed by atoms with Crippen LogP contribution in [0.1, 0.15) is 9.75 Å². The van der Waals surface area contributed by atoms with E-state index in [4.69, 9.17) is 5.11 Å². The van der Waals surface area contributed by atoms with E-state index in [1.165, 1.54) is 4.88 Å². The third-order valence-corrected chi connectivity index (χ3v) is 5.05. The molecule has 3 aromatic rings. The summed E-state index contributed by atoms with van der Waals surface area (Å²) < 4.78 is 0. The van der Waals surface area contributed by atoms with Gasteiger partial charge in [-0.3, -0.25) is 0 Å². The second kappa shape index (κ2) is 6.72. The van der Waals surface area contributed by atoms with E-state index >= 15 is 0 Å². The van der Waals surface area contributed by atoms with Gasteiger partial charge >= 0.3 is 0 Å². The number of para-hydroxylation sites is 1. The Balaban J connectivity index is 1.76. The van der Waals surface area contributed by atoms with Crippen LogP contribution in [0.25, 0.3) is 10.9 Å². The summed E-state index contributed by atoms with van der Waals surface area (Å²) in [5.41, 5.74) is 0.968. The molecule has 104 valence electrons. The van der Waals surface area contributed by atoms with Gasteiger partial charge < -0.3 is 5.11 Å². The number of nitrogens with zero attached hydrogens (tertiary/aromatic N) is 2. The number of hydrogen-bond acceptors (Lipinski definition) is 5. The molecular formula is C16H12N2OS2. The third-order valence-electron chi connectivity index (χ3n) is 2.81. The number of thioether (sulfide) groups is 1. The Bertz CT molecular complexity index is 812. The molecule has 0 radical (unpaired) electrons. The van der Waals surface area contributed by atoms with Gasteiger partial charge in [0.2, 0.25) is 0 Å². The highest BCUT2D eigenvalue weighted by Gasteiger charge is 2.05. The highest BCUT2D eigenvalue weighted by Crippen LogP contribution is 2.29. The lowest BCUT2D eigenvalue weighted by molar-refractivity contribution is 0.350. The van der Waals surface area contributed by atoms with Crippen molar-refractivity contribution in [2.24, 2.45) is 0 Å². The monoisotopic (exact) mass is 312 g/mol. The molecular weight excluding hydrogens is 300 g/mol. The molecule has 21 heavy (non-hydrogen) atoms. The topological polar surface area (TPSA) is 46.0 Å². The Hall–Kier alpha value is -1.87. The molecule has 0 spiro atoms. The molecule has 3 nitrogen and oxygen atoms in total. The number of aliphatic hydroxyl groups is 1. The number of thiophene rings is 1. The molecule has 3 rings (SSSR count). The van der Waals surface area contributed by atoms with Gasteiger partial charge in [0.25, 0.3) is 0 Å². The number of aromatic nitrogens is 2. The number of rotatable bonds is 3. The molecule has 0 amide bonds. The minimum absolute atomic E-state index is 0.102. The van der Waals surface area contributed by atoms with Crippen molar-refractivity contribution >= 4 is 34.0 Å². The van der Waals surface area contributed by atoms with Gasteiger partial charge in [0, 0.05) is 16.0 Å². The molecule has 0 bridgehead atoms. The average Bonchev–Trinajstić information content (AvgIpc) is 2.99. The number of aliphatic hydroxyl groups excluding tert-OH is 1. The van der Waals surface area contributed by atoms with Crippen molar-refractivity contribution in [3.8, 4) is 11.8 Å². The van der Waals surface area contributed by atoms with E-state index in [0.29, 0.717) is 0 Å². The van der Waals surface area contributed by atoms with Gasteiger partial charge in [0.05, 0.1) is 10.4 Å². The van der Waals surface area contributed by atoms with Crippen LogP contribution in [0.3, 0.4) is 0 Å². The van der Waals surface area contributed by atoms with E-state index in [0.717, 1.165) is 26.6 Å². The molecule has 0 aliphatic carbocycles. The van der Waals surface area contributed by atoms with Crippen LogP contribution >= 0.6 is 23.1 Å². The van der Waals surface area contributed by atoms with Gasteiger partial charge in [-0.15, -0.1) is 23.1 Å². The first-order chi connectivity index (χ1) is 10.4. The summed E-state index contributed by atoms with van der Waals surface area (Å²) in [6.07, 6.45) is 1.61. The van der Waals surface area contributed by atoms with E-state index in [9.17, 15) is 0 Å². The quantitative estimate of drug-likeness (QED) is 0.458. The van der Waals surface area contributed by atoms with Crippen molar-refractivity contribution in [2.75, 3.05) is 6.61 Å². The lowest BCUT2D eigenvalue weighted by Crippen LogP contribution is -1.86. The summed E-state index contributed by atoms with van der Waals surface area (Å²) in [7, 11) is 0. The molecule has 5 heteroatoms. The largest absolute Gasteiger partial charge is 0.384 e. The second-order valence-electron chi connectivity index (χ2n) is 4.21. The summed E-state index contributed by atoms with van der Waals surface area (Å²) in [4.78, 5) is 10.9. The zero-order valence-electron chi connectivity index (χ0n) is 11.1. The highest BCUT2D eigenvalue weighted by molar-refractivity contribution is 7.98. The van der Waals surface area contributed by atoms with Crippen LogP contribution in [0.2, 0.25) is 0 Å². The van der Waals surface area contributed by atoms with Crippen molar-refractivity contribution in [3.63, 3.8) is 0 Å². The van der Waals surface area contributed by atoms with Gasteiger partial charge in [-0.1, -0.05) is 30.0 Å². The van der Waals surface area contributed by atoms with Gasteiger partial charge in [0.15, 0.2) is 0 Å². The molecule has 0 fully saturated rings. The summed E-state index contributed by atoms with van der Waals surface area (Å²) in [6.45, 7) is -0.102. The Morgan fingerprint density at radius 2 is 2.05 bits per heavy atom. The average molecular weight is 312 g/mol. The van der Waals surface area contributed by atoms with Crippen LogP contribution in [-0.4, -0.2) is 21.7 Å². The number of hydrogen-bond donors (Lipinski definition) is 1. The second-order valence-corrected chi connectivity index (χ2v) is 6.34. The van der Waals surface area contributed by atoms with Crippen LogP contribution in [0.4, 0.5) is 0 Å². The Morgan fingerprint density at radius 3 is 2.95 bits per heavy atom. The predicted molar refractivity (Wildman–Crippen MR) is 87.4 cm³/mol. The van der Waals surface area contributed by atoms with Gasteiger partial charge in [-0.2, -0.15) is 0 Å². The van der Waals surface area contributed by atoms with E-state index in [1.54, 1.807) is 29.4 Å². The maximum atomic E-state index is 8.70. The molecule has 0 aliphatic heterocycles. The molecule has 0 atom stereocenters. The first-order valence-electron chi connectivity index (χ1n) is 6.38. The van der Waals surface area contributed by atoms with Crippen molar-refractivity contribution in [3.05, 3.63) is 52.5 Å². The standard InChI is InChI=1S/C16H12N2OS2/c19-9-3-4-12-7-8-13(21-12)10-20-16-14-5-1-2-6-15(14)17-11-18-16/h1-2,5-8,11,19H,9-10H2. The van der Waals surface area contributed by atoms with Crippen molar-refractivity contribution in [1.82, 2.24) is 9.97 Å². The lowest BCUT2D eigenvalue weighted by atomic mass is 10.2. The molecule has 1 N–H and O–H groups in total. The smallest absolute Gasteiger partial charge is 0.117 e. The van der Waals surface area contributed by atoms with Crippen LogP contribution < -0.4 is 0 Å². The highest BCUT2D eigenvalue weighted by atomic mass is 32.2. The Labute approximate surface area is 131 Å². The fourth-order valence-corrected chi connectivity index (χ4v) is 3.80. The third kappa shape index (κ3) is 3.42. The maximum Gasteiger partial charge on any atom is 0.117 e. The summed E-state index contributed by atoms with van der Waals surface area (Å²) in [6, 6.07) is 12.1. The SMILES string of the molecule is OCC#Cc1ccc(CSc2ncnc3ccccc23)s1. The summed E-state index contributed by atoms with van der Waals surface area (Å²) >= 11 is 3.35. The van der Waals surface area contributed by atoms with Gasteiger partial charge in [0.1, 0.15) is 18.0 Å². The molecule has 2 aromatic heterocycles. The van der Waals surface area contributed by atoms with E-state index in [2.05, 4.69) is 27.9 Å². The van der Waals surface area contributed by atoms with Crippen LogP contribution in [0, 0.1) is 11.8 Å². The maximum absolute atomic E-state index is 8.70. The molecule has 0 unspecified atom stereocenters. The number of fused-ring (bicyclic) bond motifs is 1. The zero-order valence-corrected chi connectivity index (χ0v) is 12.7. The molecule has 0 saturated carbocycles. The fraction of sp³-hybridized carbons (Fsp3) is 0.125. The fourth-order valence-electron chi connectivity index (χ4n) is 1.88. The summed E-state index contributed by atoms with van der Waals surface area (Å²) in [5, 5.41) is 10.8. The van der Waals surface area contributed by atoms with Crippen molar-refractivity contribution < 1.29 is 5.11 Å². The Morgan fingerprint density at radius 1 is 1.14 bits per heavy atom. The summed E-state index contributed by atoms with van der Waals surface area (Å²) in [5.74, 6) is 6.44. The predicted octanol–water partition coefficient (Wildman–Crippen LogP) is 3.33. The number of benzene rings is 1. The molecule has 2 heterocycles. The minimum atomic E-state index is -0.102. The molecule has 0 aliphatic rings. The lowest BCUT2D eigenvalue weighted by Gasteiger charge is -2.03. The first-order valence-corrected chi connectivity index (χ1v) is 8.18. The molecule has 0 saturated heterocycles. The van der Waals surface area contributed by atoms with E-state index < -0.39 is 0 Å².